The minimum atomic E-state index is -1.02. The zero-order valence-electron chi connectivity index (χ0n) is 11.1. The summed E-state index contributed by atoms with van der Waals surface area (Å²) < 4.78 is 19.9. The van der Waals surface area contributed by atoms with Crippen LogP contribution in [-0.4, -0.2) is 11.1 Å². The largest absolute Gasteiger partial charge is 0.477 e. The van der Waals surface area contributed by atoms with Crippen LogP contribution in [0.3, 0.4) is 0 Å². The fourth-order valence-corrected chi connectivity index (χ4v) is 4.31. The van der Waals surface area contributed by atoms with Gasteiger partial charge in [0, 0.05) is 20.7 Å². The Labute approximate surface area is 128 Å². The highest BCUT2D eigenvalue weighted by Gasteiger charge is 2.20. The van der Waals surface area contributed by atoms with E-state index in [1.165, 1.54) is 17.8 Å². The van der Waals surface area contributed by atoms with Crippen LogP contribution in [0.5, 0.6) is 0 Å². The molecule has 0 radical (unpaired) electrons. The van der Waals surface area contributed by atoms with E-state index in [0.29, 0.717) is 21.4 Å². The van der Waals surface area contributed by atoms with Crippen molar-refractivity contribution in [1.82, 2.24) is 0 Å². The van der Waals surface area contributed by atoms with E-state index >= 15 is 0 Å². The molecular weight excluding hydrogens is 311 g/mol. The Hall–Kier alpha value is -1.79. The van der Waals surface area contributed by atoms with Gasteiger partial charge in [-0.3, -0.25) is 0 Å². The van der Waals surface area contributed by atoms with E-state index in [2.05, 4.69) is 0 Å². The number of carbonyl (C=O) groups is 1. The molecule has 2 aromatic heterocycles. The number of aryl methyl sites for hydroxylation is 1. The number of hydrogen-bond donors (Lipinski definition) is 1. The molecule has 3 nitrogen and oxygen atoms in total. The van der Waals surface area contributed by atoms with Gasteiger partial charge >= 0.3 is 5.97 Å². The van der Waals surface area contributed by atoms with Gasteiger partial charge in [0.2, 0.25) is 0 Å². The molecule has 0 unspecified atom stereocenters. The summed E-state index contributed by atoms with van der Waals surface area (Å²) in [6.07, 6.45) is 1.59. The van der Waals surface area contributed by atoms with Gasteiger partial charge in [-0.25, -0.2) is 9.18 Å². The molecule has 0 aliphatic rings. The number of thioether (sulfide) groups is 1. The third kappa shape index (κ3) is 2.56. The number of hydrogen-bond acceptors (Lipinski definition) is 4. The van der Waals surface area contributed by atoms with Gasteiger partial charge < -0.3 is 9.52 Å². The zero-order valence-corrected chi connectivity index (χ0v) is 12.7. The lowest BCUT2D eigenvalue weighted by Crippen LogP contribution is -1.97. The molecule has 0 aliphatic heterocycles. The highest BCUT2D eigenvalue weighted by atomic mass is 32.2. The van der Waals surface area contributed by atoms with Gasteiger partial charge in [-0.2, -0.15) is 0 Å². The van der Waals surface area contributed by atoms with Crippen LogP contribution < -0.4 is 0 Å². The molecule has 3 aromatic rings. The Morgan fingerprint density at radius 1 is 1.43 bits per heavy atom. The number of carboxylic acids is 1. The monoisotopic (exact) mass is 322 g/mol. The van der Waals surface area contributed by atoms with Gasteiger partial charge in [0.15, 0.2) is 0 Å². The highest BCUT2D eigenvalue weighted by Crippen LogP contribution is 2.37. The Bertz CT molecular complexity index is 820. The summed E-state index contributed by atoms with van der Waals surface area (Å²) >= 11 is 2.56. The molecule has 6 heteroatoms. The summed E-state index contributed by atoms with van der Waals surface area (Å²) in [6, 6.07) is 6.52. The molecule has 0 bridgehead atoms. The minimum Gasteiger partial charge on any atom is -0.477 e. The van der Waals surface area contributed by atoms with Gasteiger partial charge in [0.1, 0.15) is 16.5 Å². The van der Waals surface area contributed by atoms with Crippen molar-refractivity contribution in [2.24, 2.45) is 0 Å². The second kappa shape index (κ2) is 5.54. The van der Waals surface area contributed by atoms with Gasteiger partial charge in [-0.1, -0.05) is 6.07 Å². The zero-order chi connectivity index (χ0) is 15.0. The lowest BCUT2D eigenvalue weighted by molar-refractivity contribution is 0.0701. The van der Waals surface area contributed by atoms with Crippen LogP contribution in [0, 0.1) is 12.7 Å². The SMILES string of the molecule is Cc1occc1SCc1c(C(=O)O)sc2cccc(F)c12. The summed E-state index contributed by atoms with van der Waals surface area (Å²) in [7, 11) is 0. The van der Waals surface area contributed by atoms with Crippen molar-refractivity contribution in [3.05, 3.63) is 52.5 Å². The van der Waals surface area contributed by atoms with Crippen LogP contribution >= 0.6 is 23.1 Å². The molecule has 0 amide bonds. The van der Waals surface area contributed by atoms with Crippen LogP contribution in [0.4, 0.5) is 4.39 Å². The highest BCUT2D eigenvalue weighted by molar-refractivity contribution is 7.98. The van der Waals surface area contributed by atoms with Crippen LogP contribution in [0.2, 0.25) is 0 Å². The van der Waals surface area contributed by atoms with Crippen LogP contribution in [0.15, 0.2) is 39.8 Å². The first kappa shape index (κ1) is 14.2. The summed E-state index contributed by atoms with van der Waals surface area (Å²) in [4.78, 5) is 12.5. The molecule has 0 spiro atoms. The lowest BCUT2D eigenvalue weighted by atomic mass is 10.1. The molecule has 0 saturated heterocycles. The van der Waals surface area contributed by atoms with Crippen molar-refractivity contribution in [3.63, 3.8) is 0 Å². The molecule has 0 atom stereocenters. The molecule has 1 N–H and O–H groups in total. The molecule has 21 heavy (non-hydrogen) atoms. The van der Waals surface area contributed by atoms with E-state index < -0.39 is 5.97 Å². The van der Waals surface area contributed by atoms with E-state index in [1.54, 1.807) is 18.4 Å². The number of halogens is 1. The van der Waals surface area contributed by atoms with Crippen LogP contribution in [0.25, 0.3) is 10.1 Å². The van der Waals surface area contributed by atoms with Gasteiger partial charge in [-0.05, 0) is 30.7 Å². The smallest absolute Gasteiger partial charge is 0.346 e. The van der Waals surface area contributed by atoms with Crippen molar-refractivity contribution in [2.45, 2.75) is 17.6 Å². The summed E-state index contributed by atoms with van der Waals surface area (Å²) in [6.45, 7) is 1.84. The number of fused-ring (bicyclic) bond motifs is 1. The summed E-state index contributed by atoms with van der Waals surface area (Å²) in [5.41, 5.74) is 0.534. The third-order valence-corrected chi connectivity index (χ3v) is 5.49. The second-order valence-electron chi connectivity index (χ2n) is 4.46. The normalized spacial score (nSPS) is 11.1. The Morgan fingerprint density at radius 3 is 2.90 bits per heavy atom. The van der Waals surface area contributed by atoms with Crippen molar-refractivity contribution in [2.75, 3.05) is 0 Å². The van der Waals surface area contributed by atoms with Crippen molar-refractivity contribution in [1.29, 1.82) is 0 Å². The number of benzene rings is 1. The molecule has 0 fully saturated rings. The average molecular weight is 322 g/mol. The molecule has 0 saturated carbocycles. The number of carboxylic acid groups (broad SMARTS) is 1. The fourth-order valence-electron chi connectivity index (χ4n) is 2.15. The predicted octanol–water partition coefficient (Wildman–Crippen LogP) is 4.93. The molecule has 0 aliphatic carbocycles. The molecule has 2 heterocycles. The van der Waals surface area contributed by atoms with Crippen molar-refractivity contribution >= 4 is 39.2 Å². The number of furan rings is 1. The van der Waals surface area contributed by atoms with Gasteiger partial charge in [-0.15, -0.1) is 23.1 Å². The topological polar surface area (TPSA) is 50.4 Å². The number of thiophene rings is 1. The number of aromatic carboxylic acids is 1. The van der Waals surface area contributed by atoms with E-state index in [1.807, 2.05) is 13.0 Å². The average Bonchev–Trinajstić information content (AvgIpc) is 3.01. The van der Waals surface area contributed by atoms with E-state index in [-0.39, 0.29) is 10.7 Å². The first-order valence-electron chi connectivity index (χ1n) is 6.18. The molecule has 108 valence electrons. The Balaban J connectivity index is 2.05. The van der Waals surface area contributed by atoms with Crippen molar-refractivity contribution < 1.29 is 18.7 Å². The lowest BCUT2D eigenvalue weighted by Gasteiger charge is -2.02. The fraction of sp³-hybridized carbons (Fsp3) is 0.133. The molecule has 3 rings (SSSR count). The van der Waals surface area contributed by atoms with Gasteiger partial charge in [0.05, 0.1) is 6.26 Å². The van der Waals surface area contributed by atoms with Crippen molar-refractivity contribution in [3.8, 4) is 0 Å². The van der Waals surface area contributed by atoms with E-state index in [9.17, 15) is 14.3 Å². The number of rotatable bonds is 4. The standard InChI is InChI=1S/C15H11FO3S2/c1-8-11(5-6-19-8)20-7-9-13-10(16)3-2-4-12(13)21-14(9)15(17)18/h2-6H,7H2,1H3,(H,17,18). The minimum absolute atomic E-state index is 0.198. The predicted molar refractivity (Wildman–Crippen MR) is 81.7 cm³/mol. The van der Waals surface area contributed by atoms with Crippen LogP contribution in [0.1, 0.15) is 21.0 Å². The van der Waals surface area contributed by atoms with Gasteiger partial charge in [0.25, 0.3) is 0 Å². The Kier molecular flexibility index (Phi) is 3.73. The molecular formula is C15H11FO3S2. The first-order valence-corrected chi connectivity index (χ1v) is 7.98. The quantitative estimate of drug-likeness (QED) is 0.692. The van der Waals surface area contributed by atoms with E-state index in [4.69, 9.17) is 4.42 Å². The third-order valence-electron chi connectivity index (χ3n) is 3.14. The molecule has 1 aromatic carbocycles. The second-order valence-corrected chi connectivity index (χ2v) is 6.53. The summed E-state index contributed by atoms with van der Waals surface area (Å²) in [5, 5.41) is 9.74. The summed E-state index contributed by atoms with van der Waals surface area (Å²) in [5.74, 6) is -0.231. The first-order chi connectivity index (χ1) is 10.1. The maximum Gasteiger partial charge on any atom is 0.346 e. The maximum atomic E-state index is 14.1. The maximum absolute atomic E-state index is 14.1. The van der Waals surface area contributed by atoms with Crippen LogP contribution in [-0.2, 0) is 5.75 Å². The Morgan fingerprint density at radius 2 is 2.24 bits per heavy atom. The van der Waals surface area contributed by atoms with E-state index in [0.717, 1.165) is 22.0 Å².